The van der Waals surface area contributed by atoms with E-state index in [2.05, 4.69) is 21.4 Å². The smallest absolute Gasteiger partial charge is 0.248 e. The number of halogens is 2. The van der Waals surface area contributed by atoms with Gasteiger partial charge in [0.15, 0.2) is 0 Å². The number of aromatic amines is 2. The molecular weight excluding hydrogens is 273 g/mol. The third-order valence-corrected chi connectivity index (χ3v) is 2.97. The highest BCUT2D eigenvalue weighted by atomic mass is 35.5. The molecule has 0 atom stereocenters. The molecule has 18 heavy (non-hydrogen) atoms. The number of H-pyrrole nitrogens is 2. The summed E-state index contributed by atoms with van der Waals surface area (Å²) in [5, 5.41) is 3.28. The molecule has 2 aromatic heterocycles. The van der Waals surface area contributed by atoms with Crippen molar-refractivity contribution >= 4 is 41.4 Å². The Kier molecular flexibility index (Phi) is 5.02. The molecule has 6 heteroatoms. The van der Waals surface area contributed by atoms with Crippen LogP contribution in [-0.2, 0) is 0 Å². The number of rotatable bonds is 1. The van der Waals surface area contributed by atoms with Gasteiger partial charge in [-0.3, -0.25) is 4.79 Å². The van der Waals surface area contributed by atoms with Gasteiger partial charge in [-0.15, -0.1) is 24.8 Å². The summed E-state index contributed by atoms with van der Waals surface area (Å²) in [6.45, 7) is 1.90. The lowest BCUT2D eigenvalue weighted by atomic mass is 10.0. The van der Waals surface area contributed by atoms with Gasteiger partial charge in [-0.05, 0) is 24.6 Å². The lowest BCUT2D eigenvalue weighted by Crippen LogP contribution is -2.20. The number of hydrogen-bond acceptors (Lipinski definition) is 2. The first-order valence-corrected chi connectivity index (χ1v) is 5.45. The summed E-state index contributed by atoms with van der Waals surface area (Å²) in [6.07, 6.45) is 5.15. The maximum atomic E-state index is 11.3. The Morgan fingerprint density at radius 3 is 2.72 bits per heavy atom. The number of hydrogen-bond donors (Lipinski definition) is 3. The number of fused-ring (bicyclic) bond motifs is 1. The van der Waals surface area contributed by atoms with Crippen molar-refractivity contribution in [3.8, 4) is 0 Å². The van der Waals surface area contributed by atoms with E-state index in [-0.39, 0.29) is 30.4 Å². The molecule has 0 saturated carbocycles. The van der Waals surface area contributed by atoms with E-state index in [0.717, 1.165) is 36.1 Å². The van der Waals surface area contributed by atoms with Crippen molar-refractivity contribution in [2.45, 2.75) is 6.42 Å². The Morgan fingerprint density at radius 2 is 2.00 bits per heavy atom. The van der Waals surface area contributed by atoms with Gasteiger partial charge in [0.25, 0.3) is 0 Å². The van der Waals surface area contributed by atoms with Crippen molar-refractivity contribution in [3.63, 3.8) is 0 Å². The van der Waals surface area contributed by atoms with Crippen LogP contribution in [0.25, 0.3) is 16.6 Å². The molecule has 0 fully saturated rings. The Balaban J connectivity index is 0.000000810. The second-order valence-electron chi connectivity index (χ2n) is 4.00. The fourth-order valence-electron chi connectivity index (χ4n) is 2.15. The molecule has 0 radical (unpaired) electrons. The zero-order chi connectivity index (χ0) is 11.0. The van der Waals surface area contributed by atoms with Gasteiger partial charge >= 0.3 is 0 Å². The van der Waals surface area contributed by atoms with Gasteiger partial charge in [-0.25, -0.2) is 0 Å². The fraction of sp³-hybridized carbons (Fsp3) is 0.250. The van der Waals surface area contributed by atoms with E-state index < -0.39 is 0 Å². The minimum Gasteiger partial charge on any atom is -0.359 e. The van der Waals surface area contributed by atoms with Crippen LogP contribution >= 0.6 is 24.8 Å². The van der Waals surface area contributed by atoms with Crippen molar-refractivity contribution in [3.05, 3.63) is 40.3 Å². The van der Waals surface area contributed by atoms with Gasteiger partial charge in [-0.1, -0.05) is 6.08 Å². The summed E-state index contributed by atoms with van der Waals surface area (Å²) >= 11 is 0. The largest absolute Gasteiger partial charge is 0.359 e. The van der Waals surface area contributed by atoms with Crippen LogP contribution < -0.4 is 10.9 Å². The van der Waals surface area contributed by atoms with Crippen molar-refractivity contribution in [2.24, 2.45) is 0 Å². The van der Waals surface area contributed by atoms with E-state index in [1.54, 1.807) is 6.07 Å². The molecule has 3 rings (SSSR count). The topological polar surface area (TPSA) is 60.7 Å². The third kappa shape index (κ3) is 2.61. The maximum Gasteiger partial charge on any atom is 0.248 e. The van der Waals surface area contributed by atoms with Crippen LogP contribution in [0, 0.1) is 0 Å². The Bertz CT molecular complexity index is 615. The molecule has 2 aromatic rings. The first kappa shape index (κ1) is 14.8. The SMILES string of the molecule is Cl.Cl.O=c1ccc2[nH]cc(C3=CCNCC3)c2[nH]1. The fourth-order valence-corrected chi connectivity index (χ4v) is 2.15. The molecule has 3 N–H and O–H groups in total. The van der Waals surface area contributed by atoms with Crippen LogP contribution in [0.15, 0.2) is 29.2 Å². The van der Waals surface area contributed by atoms with E-state index >= 15 is 0 Å². The van der Waals surface area contributed by atoms with E-state index in [9.17, 15) is 4.79 Å². The minimum atomic E-state index is -0.0529. The normalized spacial score (nSPS) is 14.6. The molecule has 0 aromatic carbocycles. The predicted octanol–water partition coefficient (Wildman–Crippen LogP) is 2.08. The van der Waals surface area contributed by atoms with Gasteiger partial charge in [-0.2, -0.15) is 0 Å². The van der Waals surface area contributed by atoms with E-state index in [0.29, 0.717) is 0 Å². The maximum absolute atomic E-state index is 11.3. The average molecular weight is 288 g/mol. The van der Waals surface area contributed by atoms with E-state index in [4.69, 9.17) is 0 Å². The molecule has 1 aliphatic rings. The van der Waals surface area contributed by atoms with Crippen molar-refractivity contribution < 1.29 is 0 Å². The van der Waals surface area contributed by atoms with E-state index in [1.165, 1.54) is 5.57 Å². The summed E-state index contributed by atoms with van der Waals surface area (Å²) in [5.41, 5.74) is 4.26. The second kappa shape index (κ2) is 6.09. The van der Waals surface area contributed by atoms with Crippen LogP contribution in [-0.4, -0.2) is 23.1 Å². The van der Waals surface area contributed by atoms with Crippen molar-refractivity contribution in [1.82, 2.24) is 15.3 Å². The summed E-state index contributed by atoms with van der Waals surface area (Å²) < 4.78 is 0. The third-order valence-electron chi connectivity index (χ3n) is 2.97. The monoisotopic (exact) mass is 287 g/mol. The van der Waals surface area contributed by atoms with Crippen LogP contribution in [0.2, 0.25) is 0 Å². The van der Waals surface area contributed by atoms with Crippen LogP contribution in [0.3, 0.4) is 0 Å². The first-order chi connectivity index (χ1) is 7.84. The quantitative estimate of drug-likeness (QED) is 0.752. The van der Waals surface area contributed by atoms with Gasteiger partial charge in [0.2, 0.25) is 5.56 Å². The molecule has 0 aliphatic carbocycles. The van der Waals surface area contributed by atoms with Gasteiger partial charge < -0.3 is 15.3 Å². The molecule has 98 valence electrons. The molecular formula is C12H15Cl2N3O. The van der Waals surface area contributed by atoms with Gasteiger partial charge in [0.1, 0.15) is 0 Å². The Labute approximate surface area is 117 Å². The zero-order valence-corrected chi connectivity index (χ0v) is 11.3. The van der Waals surface area contributed by atoms with Crippen LogP contribution in [0.4, 0.5) is 0 Å². The van der Waals surface area contributed by atoms with Crippen molar-refractivity contribution in [1.29, 1.82) is 0 Å². The molecule has 0 spiro atoms. The van der Waals surface area contributed by atoms with E-state index in [1.807, 2.05) is 12.3 Å². The van der Waals surface area contributed by atoms with Crippen molar-refractivity contribution in [2.75, 3.05) is 13.1 Å². The lowest BCUT2D eigenvalue weighted by Gasteiger charge is -2.12. The highest BCUT2D eigenvalue weighted by Gasteiger charge is 2.11. The molecule has 0 saturated heterocycles. The number of aromatic nitrogens is 2. The molecule has 0 unspecified atom stereocenters. The molecule has 1 aliphatic heterocycles. The average Bonchev–Trinajstić information content (AvgIpc) is 2.73. The molecule has 0 bridgehead atoms. The molecule has 4 nitrogen and oxygen atoms in total. The highest BCUT2D eigenvalue weighted by molar-refractivity contribution is 5.89. The highest BCUT2D eigenvalue weighted by Crippen LogP contribution is 2.25. The number of pyridine rings is 1. The number of nitrogens with one attached hydrogen (secondary N) is 3. The molecule has 3 heterocycles. The lowest BCUT2D eigenvalue weighted by molar-refractivity contribution is 0.739. The first-order valence-electron chi connectivity index (χ1n) is 5.45. The summed E-state index contributed by atoms with van der Waals surface area (Å²) in [5.74, 6) is 0. The van der Waals surface area contributed by atoms with Crippen LogP contribution in [0.5, 0.6) is 0 Å². The van der Waals surface area contributed by atoms with Crippen LogP contribution in [0.1, 0.15) is 12.0 Å². The Morgan fingerprint density at radius 1 is 1.17 bits per heavy atom. The Hall–Kier alpha value is -1.23. The van der Waals surface area contributed by atoms with Gasteiger partial charge in [0, 0.05) is 24.4 Å². The zero-order valence-electron chi connectivity index (χ0n) is 9.66. The standard InChI is InChI=1S/C12H13N3O.2ClH/c16-11-2-1-10-12(15-11)9(7-14-10)8-3-5-13-6-4-8;;/h1-3,7,13-14H,4-6H2,(H,15,16);2*1H. The minimum absolute atomic E-state index is 0. The summed E-state index contributed by atoms with van der Waals surface area (Å²) in [4.78, 5) is 17.4. The van der Waals surface area contributed by atoms with Gasteiger partial charge in [0.05, 0.1) is 11.0 Å². The predicted molar refractivity (Wildman–Crippen MR) is 78.9 cm³/mol. The summed E-state index contributed by atoms with van der Waals surface area (Å²) in [6, 6.07) is 3.36. The summed E-state index contributed by atoms with van der Waals surface area (Å²) in [7, 11) is 0. The second-order valence-corrected chi connectivity index (χ2v) is 4.00. The molecule has 0 amide bonds.